The second kappa shape index (κ2) is 3.62. The summed E-state index contributed by atoms with van der Waals surface area (Å²) >= 11 is 0. The van der Waals surface area contributed by atoms with Crippen molar-refractivity contribution in [2.24, 2.45) is 17.8 Å². The van der Waals surface area contributed by atoms with E-state index in [9.17, 15) is 4.79 Å². The maximum Gasteiger partial charge on any atom is 0.306 e. The van der Waals surface area contributed by atoms with Gasteiger partial charge in [0.1, 0.15) is 0 Å². The van der Waals surface area contributed by atoms with Crippen molar-refractivity contribution < 1.29 is 9.90 Å². The second-order valence-electron chi connectivity index (χ2n) is 3.68. The molecule has 0 amide bonds. The molecule has 2 rings (SSSR count). The van der Waals surface area contributed by atoms with Gasteiger partial charge in [-0.05, 0) is 37.8 Å². The maximum atomic E-state index is 10.6. The van der Waals surface area contributed by atoms with Gasteiger partial charge in [0.2, 0.25) is 0 Å². The second-order valence-corrected chi connectivity index (χ2v) is 3.68. The summed E-state index contributed by atoms with van der Waals surface area (Å²) in [6.45, 7) is 2.07. The van der Waals surface area contributed by atoms with Gasteiger partial charge >= 0.3 is 5.97 Å². The fourth-order valence-electron chi connectivity index (χ4n) is 2.37. The lowest BCUT2D eigenvalue weighted by Crippen LogP contribution is -2.16. The first-order valence-electron chi connectivity index (χ1n) is 4.21. The number of hydrogen-bond acceptors (Lipinski definition) is 2. The predicted octanol–water partition coefficient (Wildman–Crippen LogP) is 0.738. The Labute approximate surface area is 77.9 Å². The van der Waals surface area contributed by atoms with Crippen LogP contribution in [0.15, 0.2) is 0 Å². The number of halogens is 1. The molecule has 0 aromatic rings. The molecule has 1 aliphatic carbocycles. The van der Waals surface area contributed by atoms with E-state index in [1.807, 2.05) is 0 Å². The molecule has 3 nitrogen and oxygen atoms in total. The van der Waals surface area contributed by atoms with E-state index in [1.54, 1.807) is 0 Å². The predicted molar refractivity (Wildman–Crippen MR) is 47.5 cm³/mol. The molecule has 4 heteroatoms. The van der Waals surface area contributed by atoms with Gasteiger partial charge in [0.25, 0.3) is 0 Å². The number of rotatable bonds is 1. The van der Waals surface area contributed by atoms with Gasteiger partial charge in [0.05, 0.1) is 5.92 Å². The molecule has 3 atom stereocenters. The van der Waals surface area contributed by atoms with Crippen LogP contribution in [0.4, 0.5) is 0 Å². The van der Waals surface area contributed by atoms with Gasteiger partial charge in [-0.2, -0.15) is 0 Å². The van der Waals surface area contributed by atoms with Gasteiger partial charge in [-0.3, -0.25) is 4.79 Å². The zero-order chi connectivity index (χ0) is 7.84. The van der Waals surface area contributed by atoms with Crippen LogP contribution in [0.1, 0.15) is 12.8 Å². The monoisotopic (exact) mass is 191 g/mol. The Bertz CT molecular complexity index is 174. The summed E-state index contributed by atoms with van der Waals surface area (Å²) in [5.41, 5.74) is 0. The van der Waals surface area contributed by atoms with Crippen molar-refractivity contribution in [1.29, 1.82) is 0 Å². The number of hydrogen-bond donors (Lipinski definition) is 2. The lowest BCUT2D eigenvalue weighted by atomic mass is 10.0. The van der Waals surface area contributed by atoms with Crippen LogP contribution in [0.5, 0.6) is 0 Å². The van der Waals surface area contributed by atoms with Crippen molar-refractivity contribution in [3.63, 3.8) is 0 Å². The molecule has 1 heterocycles. The van der Waals surface area contributed by atoms with Crippen LogP contribution in [0, 0.1) is 17.8 Å². The first-order chi connectivity index (χ1) is 5.27. The Morgan fingerprint density at radius 3 is 2.17 bits per heavy atom. The number of carbonyl (C=O) groups is 1. The Morgan fingerprint density at radius 2 is 1.75 bits per heavy atom. The third kappa shape index (κ3) is 1.57. The molecule has 0 aromatic heterocycles. The van der Waals surface area contributed by atoms with E-state index in [1.165, 1.54) is 0 Å². The molecule has 12 heavy (non-hydrogen) atoms. The smallest absolute Gasteiger partial charge is 0.306 e. The van der Waals surface area contributed by atoms with Crippen molar-refractivity contribution >= 4 is 18.4 Å². The summed E-state index contributed by atoms with van der Waals surface area (Å²) in [5, 5.41) is 12.0. The molecule has 1 saturated heterocycles. The highest BCUT2D eigenvalue weighted by Gasteiger charge is 2.40. The van der Waals surface area contributed by atoms with Crippen LogP contribution >= 0.6 is 12.4 Å². The van der Waals surface area contributed by atoms with Crippen LogP contribution in [-0.2, 0) is 4.79 Å². The van der Waals surface area contributed by atoms with Crippen molar-refractivity contribution in [3.05, 3.63) is 0 Å². The summed E-state index contributed by atoms with van der Waals surface area (Å²) < 4.78 is 0. The van der Waals surface area contributed by atoms with Gasteiger partial charge in [0, 0.05) is 0 Å². The van der Waals surface area contributed by atoms with Crippen LogP contribution in [0.25, 0.3) is 0 Å². The zero-order valence-electron chi connectivity index (χ0n) is 6.82. The largest absolute Gasteiger partial charge is 0.481 e. The average molecular weight is 192 g/mol. The summed E-state index contributed by atoms with van der Waals surface area (Å²) in [7, 11) is 0. The van der Waals surface area contributed by atoms with E-state index >= 15 is 0 Å². The molecular formula is C8H14ClNO2. The summed E-state index contributed by atoms with van der Waals surface area (Å²) in [6.07, 6.45) is 1.79. The third-order valence-electron chi connectivity index (χ3n) is 3.00. The van der Waals surface area contributed by atoms with Crippen LogP contribution in [0.2, 0.25) is 0 Å². The SMILES string of the molecule is Cl.O=C(O)C1C[C@H]2CNC[C@H]2C1. The molecule has 0 bridgehead atoms. The number of carboxylic acids is 1. The summed E-state index contributed by atoms with van der Waals surface area (Å²) in [4.78, 5) is 10.6. The standard InChI is InChI=1S/C8H13NO2.ClH/c10-8(11)5-1-6-3-9-4-7(6)2-5;/h5-7,9H,1-4H2,(H,10,11);1H/t5?,6-,7+;. The van der Waals surface area contributed by atoms with E-state index in [0.717, 1.165) is 25.9 Å². The molecule has 70 valence electrons. The first-order valence-corrected chi connectivity index (χ1v) is 4.21. The first kappa shape index (κ1) is 9.81. The average Bonchev–Trinajstić information content (AvgIpc) is 2.40. The molecule has 2 fully saturated rings. The van der Waals surface area contributed by atoms with Gasteiger partial charge in [0.15, 0.2) is 0 Å². The Hall–Kier alpha value is -0.280. The van der Waals surface area contributed by atoms with E-state index in [-0.39, 0.29) is 18.3 Å². The molecule has 2 N–H and O–H groups in total. The van der Waals surface area contributed by atoms with Gasteiger partial charge < -0.3 is 10.4 Å². The van der Waals surface area contributed by atoms with E-state index in [4.69, 9.17) is 5.11 Å². The highest BCUT2D eigenvalue weighted by molar-refractivity contribution is 5.85. The highest BCUT2D eigenvalue weighted by atomic mass is 35.5. The van der Waals surface area contributed by atoms with Gasteiger partial charge in [-0.15, -0.1) is 12.4 Å². The molecule has 0 spiro atoms. The zero-order valence-corrected chi connectivity index (χ0v) is 7.64. The van der Waals surface area contributed by atoms with E-state index < -0.39 is 5.97 Å². The molecule has 1 aliphatic heterocycles. The molecular weight excluding hydrogens is 178 g/mol. The molecule has 0 aromatic carbocycles. The minimum absolute atomic E-state index is 0. The molecule has 1 saturated carbocycles. The summed E-state index contributed by atoms with van der Waals surface area (Å²) in [6, 6.07) is 0. The fraction of sp³-hybridized carbons (Fsp3) is 0.875. The number of nitrogens with one attached hydrogen (secondary N) is 1. The number of carboxylic acid groups (broad SMARTS) is 1. The quantitative estimate of drug-likeness (QED) is 0.643. The van der Waals surface area contributed by atoms with Crippen molar-refractivity contribution in [3.8, 4) is 0 Å². The van der Waals surface area contributed by atoms with Gasteiger partial charge in [-0.1, -0.05) is 0 Å². The maximum absolute atomic E-state index is 10.6. The normalized spacial score (nSPS) is 38.8. The lowest BCUT2D eigenvalue weighted by Gasteiger charge is -2.03. The van der Waals surface area contributed by atoms with Crippen LogP contribution in [0.3, 0.4) is 0 Å². The number of aliphatic carboxylic acids is 1. The van der Waals surface area contributed by atoms with Crippen LogP contribution in [-0.4, -0.2) is 24.2 Å². The summed E-state index contributed by atoms with van der Waals surface area (Å²) in [5.74, 6) is 0.652. The van der Waals surface area contributed by atoms with E-state index in [0.29, 0.717) is 11.8 Å². The fourth-order valence-corrected chi connectivity index (χ4v) is 2.37. The van der Waals surface area contributed by atoms with Crippen molar-refractivity contribution in [2.75, 3.05) is 13.1 Å². The lowest BCUT2D eigenvalue weighted by molar-refractivity contribution is -0.141. The Kier molecular flexibility index (Phi) is 2.96. The minimum atomic E-state index is -0.598. The topological polar surface area (TPSA) is 49.3 Å². The Morgan fingerprint density at radius 1 is 1.25 bits per heavy atom. The molecule has 0 radical (unpaired) electrons. The Balaban J connectivity index is 0.000000720. The number of fused-ring (bicyclic) bond motifs is 1. The molecule has 1 unspecified atom stereocenters. The molecule has 2 aliphatic rings. The third-order valence-corrected chi connectivity index (χ3v) is 3.00. The van der Waals surface area contributed by atoms with E-state index in [2.05, 4.69) is 5.32 Å². The van der Waals surface area contributed by atoms with Crippen molar-refractivity contribution in [2.45, 2.75) is 12.8 Å². The highest BCUT2D eigenvalue weighted by Crippen LogP contribution is 2.38. The van der Waals surface area contributed by atoms with Crippen LogP contribution < -0.4 is 5.32 Å². The van der Waals surface area contributed by atoms with Crippen molar-refractivity contribution in [1.82, 2.24) is 5.32 Å². The van der Waals surface area contributed by atoms with Gasteiger partial charge in [-0.25, -0.2) is 0 Å². The minimum Gasteiger partial charge on any atom is -0.481 e.